The number of alkyl halides is 1. The first kappa shape index (κ1) is 9.34. The lowest BCUT2D eigenvalue weighted by molar-refractivity contribution is -0.111. The third-order valence-electron chi connectivity index (χ3n) is 2.27. The van der Waals surface area contributed by atoms with Gasteiger partial charge in [0, 0.05) is 11.8 Å². The molecular formula is C8H12Cl2O. The minimum absolute atomic E-state index is 0.0255. The van der Waals surface area contributed by atoms with Gasteiger partial charge in [-0.1, -0.05) is 12.8 Å². The highest BCUT2D eigenvalue weighted by Gasteiger charge is 2.24. The molecule has 0 heterocycles. The third kappa shape index (κ3) is 3.00. The van der Waals surface area contributed by atoms with Crippen molar-refractivity contribution in [2.45, 2.75) is 37.5 Å². The first-order chi connectivity index (χ1) is 5.20. The van der Waals surface area contributed by atoms with Gasteiger partial charge in [0.2, 0.25) is 5.24 Å². The standard InChI is InChI=1S/C8H12Cl2O/c9-7(5-8(10)11)6-3-1-2-4-6/h6-7H,1-5H2/t7-/m1/s1. The van der Waals surface area contributed by atoms with Gasteiger partial charge >= 0.3 is 0 Å². The summed E-state index contributed by atoms with van der Waals surface area (Å²) in [6, 6.07) is 0. The van der Waals surface area contributed by atoms with Crippen molar-refractivity contribution < 1.29 is 4.79 Å². The SMILES string of the molecule is O=C(Cl)C[C@@H](Cl)C1CCCC1. The minimum atomic E-state index is -0.308. The molecule has 0 bridgehead atoms. The lowest BCUT2D eigenvalue weighted by Gasteiger charge is -2.13. The summed E-state index contributed by atoms with van der Waals surface area (Å²) in [5.74, 6) is 0.527. The summed E-state index contributed by atoms with van der Waals surface area (Å²) in [6.45, 7) is 0. The Morgan fingerprint density at radius 3 is 2.45 bits per heavy atom. The van der Waals surface area contributed by atoms with Crippen molar-refractivity contribution >= 4 is 28.4 Å². The summed E-state index contributed by atoms with van der Waals surface area (Å²) in [5.41, 5.74) is 0. The Labute approximate surface area is 77.1 Å². The molecule has 64 valence electrons. The van der Waals surface area contributed by atoms with Crippen LogP contribution in [0.3, 0.4) is 0 Å². The number of hydrogen-bond acceptors (Lipinski definition) is 1. The van der Waals surface area contributed by atoms with E-state index in [0.29, 0.717) is 12.3 Å². The van der Waals surface area contributed by atoms with Crippen molar-refractivity contribution in [1.82, 2.24) is 0 Å². The number of hydrogen-bond donors (Lipinski definition) is 0. The molecule has 0 amide bonds. The molecule has 0 aliphatic heterocycles. The minimum Gasteiger partial charge on any atom is -0.281 e. The average molecular weight is 195 g/mol. The molecule has 1 aliphatic carbocycles. The van der Waals surface area contributed by atoms with Crippen LogP contribution in [-0.2, 0) is 4.79 Å². The van der Waals surface area contributed by atoms with Gasteiger partial charge < -0.3 is 0 Å². The Kier molecular flexibility index (Phi) is 3.67. The highest BCUT2D eigenvalue weighted by atomic mass is 35.5. The molecular weight excluding hydrogens is 183 g/mol. The smallest absolute Gasteiger partial charge is 0.223 e. The first-order valence-electron chi connectivity index (χ1n) is 4.02. The Hall–Kier alpha value is 0.250. The molecule has 0 aromatic heterocycles. The Morgan fingerprint density at radius 2 is 2.00 bits per heavy atom. The molecule has 0 aromatic carbocycles. The van der Waals surface area contributed by atoms with Gasteiger partial charge in [0.15, 0.2) is 0 Å². The maximum absolute atomic E-state index is 10.5. The van der Waals surface area contributed by atoms with Crippen LogP contribution in [0, 0.1) is 5.92 Å². The van der Waals surface area contributed by atoms with Gasteiger partial charge in [0.05, 0.1) is 0 Å². The largest absolute Gasteiger partial charge is 0.281 e. The number of rotatable bonds is 3. The van der Waals surface area contributed by atoms with Crippen molar-refractivity contribution in [2.24, 2.45) is 5.92 Å². The monoisotopic (exact) mass is 194 g/mol. The van der Waals surface area contributed by atoms with E-state index in [2.05, 4.69) is 0 Å². The zero-order valence-electron chi connectivity index (χ0n) is 6.35. The Bertz CT molecular complexity index is 141. The summed E-state index contributed by atoms with van der Waals surface area (Å²) in [6.07, 6.45) is 5.17. The predicted molar refractivity (Wildman–Crippen MR) is 47.1 cm³/mol. The lowest BCUT2D eigenvalue weighted by Crippen LogP contribution is -2.13. The molecule has 1 aliphatic rings. The summed E-state index contributed by atoms with van der Waals surface area (Å²) >= 11 is 11.2. The van der Waals surface area contributed by atoms with Crippen molar-refractivity contribution in [3.63, 3.8) is 0 Å². The van der Waals surface area contributed by atoms with Crippen LogP contribution < -0.4 is 0 Å². The lowest BCUT2D eigenvalue weighted by atomic mass is 10.0. The number of carbonyl (C=O) groups excluding carboxylic acids is 1. The van der Waals surface area contributed by atoms with Gasteiger partial charge in [0.25, 0.3) is 0 Å². The van der Waals surface area contributed by atoms with Crippen molar-refractivity contribution in [3.8, 4) is 0 Å². The molecule has 1 nitrogen and oxygen atoms in total. The maximum atomic E-state index is 10.5. The van der Waals surface area contributed by atoms with Crippen LogP contribution >= 0.6 is 23.2 Å². The molecule has 0 aromatic rings. The van der Waals surface area contributed by atoms with E-state index in [9.17, 15) is 4.79 Å². The van der Waals surface area contributed by atoms with Crippen LogP contribution in [-0.4, -0.2) is 10.6 Å². The van der Waals surface area contributed by atoms with Crippen LogP contribution in [0.15, 0.2) is 0 Å². The Morgan fingerprint density at radius 1 is 1.45 bits per heavy atom. The molecule has 1 atom stereocenters. The van der Waals surface area contributed by atoms with Crippen LogP contribution in [0.2, 0.25) is 0 Å². The zero-order chi connectivity index (χ0) is 8.27. The fraction of sp³-hybridized carbons (Fsp3) is 0.875. The fourth-order valence-corrected chi connectivity index (χ4v) is 2.28. The molecule has 1 saturated carbocycles. The molecule has 0 N–H and O–H groups in total. The second kappa shape index (κ2) is 4.32. The molecule has 3 heteroatoms. The van der Waals surface area contributed by atoms with Gasteiger partial charge in [-0.25, -0.2) is 0 Å². The van der Waals surface area contributed by atoms with E-state index in [1.54, 1.807) is 0 Å². The normalized spacial score (nSPS) is 22.0. The molecule has 0 saturated heterocycles. The zero-order valence-corrected chi connectivity index (χ0v) is 7.87. The van der Waals surface area contributed by atoms with Crippen LogP contribution in [0.4, 0.5) is 0 Å². The molecule has 1 fully saturated rings. The van der Waals surface area contributed by atoms with E-state index >= 15 is 0 Å². The topological polar surface area (TPSA) is 17.1 Å². The molecule has 0 spiro atoms. The molecule has 11 heavy (non-hydrogen) atoms. The molecule has 1 rings (SSSR count). The first-order valence-corrected chi connectivity index (χ1v) is 4.84. The Balaban J connectivity index is 2.28. The van der Waals surface area contributed by atoms with Crippen LogP contribution in [0.1, 0.15) is 32.1 Å². The quantitative estimate of drug-likeness (QED) is 0.499. The number of carbonyl (C=O) groups is 1. The van der Waals surface area contributed by atoms with E-state index in [1.807, 2.05) is 0 Å². The highest BCUT2D eigenvalue weighted by molar-refractivity contribution is 6.63. The fourth-order valence-electron chi connectivity index (χ4n) is 1.64. The van der Waals surface area contributed by atoms with Crippen molar-refractivity contribution in [3.05, 3.63) is 0 Å². The van der Waals surface area contributed by atoms with Crippen LogP contribution in [0.25, 0.3) is 0 Å². The highest BCUT2D eigenvalue weighted by Crippen LogP contribution is 2.32. The second-order valence-corrected chi connectivity index (χ2v) is 4.10. The van der Waals surface area contributed by atoms with E-state index in [1.165, 1.54) is 25.7 Å². The number of halogens is 2. The van der Waals surface area contributed by atoms with E-state index in [-0.39, 0.29) is 10.6 Å². The third-order valence-corrected chi connectivity index (χ3v) is 2.93. The molecule has 0 radical (unpaired) electrons. The van der Waals surface area contributed by atoms with Gasteiger partial charge in [-0.2, -0.15) is 0 Å². The van der Waals surface area contributed by atoms with Crippen molar-refractivity contribution in [1.29, 1.82) is 0 Å². The van der Waals surface area contributed by atoms with E-state index in [0.717, 1.165) is 0 Å². The predicted octanol–water partition coefficient (Wildman–Crippen LogP) is 2.94. The average Bonchev–Trinajstić information content (AvgIpc) is 2.35. The van der Waals surface area contributed by atoms with Gasteiger partial charge in [-0.3, -0.25) is 4.79 Å². The van der Waals surface area contributed by atoms with Gasteiger partial charge in [0.1, 0.15) is 0 Å². The summed E-state index contributed by atoms with van der Waals surface area (Å²) in [7, 11) is 0. The van der Waals surface area contributed by atoms with E-state index in [4.69, 9.17) is 23.2 Å². The summed E-state index contributed by atoms with van der Waals surface area (Å²) < 4.78 is 0. The summed E-state index contributed by atoms with van der Waals surface area (Å²) in [5, 5.41) is -0.334. The van der Waals surface area contributed by atoms with Crippen molar-refractivity contribution in [2.75, 3.05) is 0 Å². The second-order valence-electron chi connectivity index (χ2n) is 3.12. The van der Waals surface area contributed by atoms with E-state index < -0.39 is 0 Å². The maximum Gasteiger partial charge on any atom is 0.223 e. The molecule has 0 unspecified atom stereocenters. The van der Waals surface area contributed by atoms with Crippen LogP contribution in [0.5, 0.6) is 0 Å². The summed E-state index contributed by atoms with van der Waals surface area (Å²) in [4.78, 5) is 10.5. The van der Waals surface area contributed by atoms with Gasteiger partial charge in [-0.05, 0) is 30.4 Å². The van der Waals surface area contributed by atoms with Gasteiger partial charge in [-0.15, -0.1) is 11.6 Å².